The van der Waals surface area contributed by atoms with Crippen LogP contribution < -0.4 is 10.6 Å². The fourth-order valence-corrected chi connectivity index (χ4v) is 3.75. The van der Waals surface area contributed by atoms with Crippen molar-refractivity contribution in [2.45, 2.75) is 43.2 Å². The number of carbonyl (C=O) groups excluding carboxylic acids is 2. The SMILES string of the molecule is CCC(=O)Nc1nnc(SC(CC)C(=O)Nc2ccc(C)cc2)s1. The van der Waals surface area contributed by atoms with Crippen LogP contribution in [-0.4, -0.2) is 27.3 Å². The molecule has 0 bridgehead atoms. The highest BCUT2D eigenvalue weighted by Crippen LogP contribution is 2.31. The fraction of sp³-hybridized carbons (Fsp3) is 0.375. The van der Waals surface area contributed by atoms with Crippen LogP contribution in [0.1, 0.15) is 32.3 Å². The Morgan fingerprint density at radius 2 is 1.88 bits per heavy atom. The summed E-state index contributed by atoms with van der Waals surface area (Å²) >= 11 is 2.63. The number of rotatable bonds is 7. The van der Waals surface area contributed by atoms with Gasteiger partial charge in [-0.05, 0) is 25.5 Å². The lowest BCUT2D eigenvalue weighted by molar-refractivity contribution is -0.116. The molecule has 1 heterocycles. The van der Waals surface area contributed by atoms with Gasteiger partial charge in [0.15, 0.2) is 4.34 Å². The number of thioether (sulfide) groups is 1. The molecule has 2 rings (SSSR count). The average Bonchev–Trinajstić information content (AvgIpc) is 3.01. The van der Waals surface area contributed by atoms with Gasteiger partial charge in [-0.3, -0.25) is 9.59 Å². The van der Waals surface area contributed by atoms with E-state index in [-0.39, 0.29) is 17.1 Å². The summed E-state index contributed by atoms with van der Waals surface area (Å²) in [7, 11) is 0. The summed E-state index contributed by atoms with van der Waals surface area (Å²) in [6, 6.07) is 7.68. The van der Waals surface area contributed by atoms with Crippen molar-refractivity contribution in [1.29, 1.82) is 0 Å². The standard InChI is InChI=1S/C16H20N4O2S2/c1-4-12(14(22)17-11-8-6-10(3)7-9-11)23-16-20-19-15(24-16)18-13(21)5-2/h6-9,12H,4-5H2,1-3H3,(H,17,22)(H,18,19,21). The Morgan fingerprint density at radius 1 is 1.17 bits per heavy atom. The van der Waals surface area contributed by atoms with Gasteiger partial charge in [0.1, 0.15) is 0 Å². The maximum Gasteiger partial charge on any atom is 0.237 e. The lowest BCUT2D eigenvalue weighted by atomic mass is 10.2. The van der Waals surface area contributed by atoms with E-state index in [1.54, 1.807) is 6.92 Å². The van der Waals surface area contributed by atoms with Gasteiger partial charge in [0.2, 0.25) is 16.9 Å². The molecule has 0 saturated heterocycles. The number of hydrogen-bond donors (Lipinski definition) is 2. The molecule has 2 N–H and O–H groups in total. The average molecular weight is 364 g/mol. The predicted octanol–water partition coefficient (Wildman–Crippen LogP) is 3.70. The van der Waals surface area contributed by atoms with Crippen molar-refractivity contribution < 1.29 is 9.59 Å². The summed E-state index contributed by atoms with van der Waals surface area (Å²) in [6.45, 7) is 5.72. The van der Waals surface area contributed by atoms with Gasteiger partial charge in [-0.25, -0.2) is 0 Å². The Labute approximate surface area is 149 Å². The zero-order chi connectivity index (χ0) is 17.5. The Hall–Kier alpha value is -1.93. The van der Waals surface area contributed by atoms with Crippen LogP contribution in [0.25, 0.3) is 0 Å². The molecule has 128 valence electrons. The molecule has 2 amide bonds. The summed E-state index contributed by atoms with van der Waals surface area (Å²) in [5.74, 6) is -0.174. The molecule has 2 aromatic rings. The Kier molecular flexibility index (Phi) is 6.74. The van der Waals surface area contributed by atoms with Gasteiger partial charge in [-0.2, -0.15) is 0 Å². The van der Waals surface area contributed by atoms with Crippen LogP contribution in [-0.2, 0) is 9.59 Å². The van der Waals surface area contributed by atoms with Crippen LogP contribution in [0.4, 0.5) is 10.8 Å². The molecule has 0 aliphatic heterocycles. The molecular formula is C16H20N4O2S2. The van der Waals surface area contributed by atoms with E-state index < -0.39 is 0 Å². The van der Waals surface area contributed by atoms with E-state index in [2.05, 4.69) is 20.8 Å². The first-order valence-electron chi connectivity index (χ1n) is 7.69. The zero-order valence-electron chi connectivity index (χ0n) is 13.8. The Balaban J connectivity index is 1.96. The number of carbonyl (C=O) groups is 2. The molecule has 1 unspecified atom stereocenters. The summed E-state index contributed by atoms with van der Waals surface area (Å²) < 4.78 is 0.660. The first-order chi connectivity index (χ1) is 11.5. The van der Waals surface area contributed by atoms with Gasteiger partial charge in [0.25, 0.3) is 0 Å². The molecule has 0 aliphatic rings. The van der Waals surface area contributed by atoms with E-state index in [1.807, 2.05) is 38.1 Å². The van der Waals surface area contributed by atoms with Gasteiger partial charge in [0.05, 0.1) is 5.25 Å². The van der Waals surface area contributed by atoms with Crippen LogP contribution in [0.2, 0.25) is 0 Å². The third kappa shape index (κ3) is 5.31. The third-order valence-corrected chi connectivity index (χ3v) is 5.49. The molecule has 1 atom stereocenters. The molecule has 1 aromatic heterocycles. The van der Waals surface area contributed by atoms with Crippen LogP contribution >= 0.6 is 23.1 Å². The number of nitrogens with one attached hydrogen (secondary N) is 2. The number of nitrogens with zero attached hydrogens (tertiary/aromatic N) is 2. The number of aromatic nitrogens is 2. The van der Waals surface area contributed by atoms with Gasteiger partial charge in [0, 0.05) is 12.1 Å². The van der Waals surface area contributed by atoms with Crippen LogP contribution in [0.5, 0.6) is 0 Å². The van der Waals surface area contributed by atoms with Crippen molar-refractivity contribution >= 4 is 45.7 Å². The number of benzene rings is 1. The molecule has 6 nitrogen and oxygen atoms in total. The number of hydrogen-bond acceptors (Lipinski definition) is 6. The van der Waals surface area contributed by atoms with E-state index in [0.717, 1.165) is 11.3 Å². The summed E-state index contributed by atoms with van der Waals surface area (Å²) in [6.07, 6.45) is 1.05. The highest BCUT2D eigenvalue weighted by molar-refractivity contribution is 8.02. The monoisotopic (exact) mass is 364 g/mol. The predicted molar refractivity (Wildman–Crippen MR) is 98.6 cm³/mol. The van der Waals surface area contributed by atoms with Crippen molar-refractivity contribution in [3.8, 4) is 0 Å². The van der Waals surface area contributed by atoms with Gasteiger partial charge < -0.3 is 10.6 Å². The van der Waals surface area contributed by atoms with E-state index in [4.69, 9.17) is 0 Å². The molecule has 0 spiro atoms. The lowest BCUT2D eigenvalue weighted by Gasteiger charge is -2.13. The first-order valence-corrected chi connectivity index (χ1v) is 9.39. The second-order valence-corrected chi connectivity index (χ2v) is 7.57. The van der Waals surface area contributed by atoms with Gasteiger partial charge in [-0.1, -0.05) is 54.6 Å². The lowest BCUT2D eigenvalue weighted by Crippen LogP contribution is -2.24. The van der Waals surface area contributed by atoms with Crippen LogP contribution in [0.15, 0.2) is 28.6 Å². The van der Waals surface area contributed by atoms with Gasteiger partial charge in [-0.15, -0.1) is 10.2 Å². The maximum absolute atomic E-state index is 12.4. The van der Waals surface area contributed by atoms with Crippen molar-refractivity contribution in [2.75, 3.05) is 10.6 Å². The molecule has 24 heavy (non-hydrogen) atoms. The largest absolute Gasteiger partial charge is 0.325 e. The molecule has 0 radical (unpaired) electrons. The number of aryl methyl sites for hydroxylation is 1. The summed E-state index contributed by atoms with van der Waals surface area (Å²) in [5, 5.41) is 13.7. The minimum atomic E-state index is -0.269. The quantitative estimate of drug-likeness (QED) is 0.578. The molecular weight excluding hydrogens is 344 g/mol. The number of anilines is 2. The molecule has 1 aromatic carbocycles. The van der Waals surface area contributed by atoms with E-state index >= 15 is 0 Å². The molecule has 0 saturated carbocycles. The van der Waals surface area contributed by atoms with E-state index in [1.165, 1.54) is 23.1 Å². The van der Waals surface area contributed by atoms with Crippen molar-refractivity contribution in [3.63, 3.8) is 0 Å². The third-order valence-electron chi connectivity index (χ3n) is 3.20. The molecule has 0 fully saturated rings. The Bertz CT molecular complexity index is 700. The second-order valence-electron chi connectivity index (χ2n) is 5.14. The fourth-order valence-electron chi connectivity index (χ4n) is 1.82. The minimum Gasteiger partial charge on any atom is -0.325 e. The summed E-state index contributed by atoms with van der Waals surface area (Å²) in [5.41, 5.74) is 1.92. The zero-order valence-corrected chi connectivity index (χ0v) is 15.5. The summed E-state index contributed by atoms with van der Waals surface area (Å²) in [4.78, 5) is 23.8. The molecule has 0 aliphatic carbocycles. The second kappa shape index (κ2) is 8.79. The van der Waals surface area contributed by atoms with Crippen LogP contribution in [0, 0.1) is 6.92 Å². The van der Waals surface area contributed by atoms with Crippen molar-refractivity contribution in [2.24, 2.45) is 0 Å². The smallest absolute Gasteiger partial charge is 0.237 e. The van der Waals surface area contributed by atoms with Gasteiger partial charge >= 0.3 is 0 Å². The highest BCUT2D eigenvalue weighted by atomic mass is 32.2. The number of amides is 2. The van der Waals surface area contributed by atoms with Crippen molar-refractivity contribution in [1.82, 2.24) is 10.2 Å². The maximum atomic E-state index is 12.4. The first kappa shape index (κ1) is 18.4. The van der Waals surface area contributed by atoms with E-state index in [9.17, 15) is 9.59 Å². The topological polar surface area (TPSA) is 84.0 Å². The van der Waals surface area contributed by atoms with Crippen LogP contribution in [0.3, 0.4) is 0 Å². The van der Waals surface area contributed by atoms with E-state index in [0.29, 0.717) is 22.3 Å². The highest BCUT2D eigenvalue weighted by Gasteiger charge is 2.20. The van der Waals surface area contributed by atoms with Crippen molar-refractivity contribution in [3.05, 3.63) is 29.8 Å². The minimum absolute atomic E-state index is 0.0688. The Morgan fingerprint density at radius 3 is 2.50 bits per heavy atom. The normalized spacial score (nSPS) is 11.8. The molecule has 8 heteroatoms.